The Kier molecular flexibility index (Phi) is 6.60. The van der Waals surface area contributed by atoms with Gasteiger partial charge in [-0.05, 0) is 44.0 Å². The summed E-state index contributed by atoms with van der Waals surface area (Å²) in [4.78, 5) is 23.7. The number of hydrogen-bond acceptors (Lipinski definition) is 6. The Labute approximate surface area is 164 Å². The Morgan fingerprint density at radius 3 is 2.57 bits per heavy atom. The Morgan fingerprint density at radius 2 is 1.93 bits per heavy atom. The molecule has 0 aliphatic carbocycles. The molecule has 0 bridgehead atoms. The van der Waals surface area contributed by atoms with Gasteiger partial charge < -0.3 is 15.4 Å². The molecule has 0 amide bonds. The number of rotatable bonds is 7. The second-order valence-corrected chi connectivity index (χ2v) is 6.83. The molecule has 0 spiro atoms. The molecule has 2 N–H and O–H groups in total. The monoisotopic (exact) mass is 383 g/mol. The van der Waals surface area contributed by atoms with Crippen molar-refractivity contribution in [3.63, 3.8) is 0 Å². The van der Waals surface area contributed by atoms with Gasteiger partial charge in [0.05, 0.1) is 10.8 Å². The van der Waals surface area contributed by atoms with Crippen molar-refractivity contribution in [3.05, 3.63) is 63.7 Å². The molecule has 1 heterocycles. The minimum Gasteiger partial charge on any atom is -0.426 e. The molecule has 2 aromatic carbocycles. The molecular weight excluding hydrogens is 358 g/mol. The van der Waals surface area contributed by atoms with E-state index < -0.39 is 4.92 Å². The number of hydrogen-bond donors (Lipinski definition) is 2. The highest BCUT2D eigenvalue weighted by molar-refractivity contribution is 5.78. The van der Waals surface area contributed by atoms with Crippen molar-refractivity contribution < 1.29 is 14.5 Å². The lowest BCUT2D eigenvalue weighted by Crippen LogP contribution is -2.34. The second-order valence-electron chi connectivity index (χ2n) is 6.83. The van der Waals surface area contributed by atoms with Gasteiger partial charge in [-0.15, -0.1) is 0 Å². The molecule has 0 radical (unpaired) electrons. The second kappa shape index (κ2) is 9.32. The van der Waals surface area contributed by atoms with E-state index in [1.807, 2.05) is 37.3 Å². The fraction of sp³-hybridized carbons (Fsp3) is 0.381. The van der Waals surface area contributed by atoms with Crippen LogP contribution in [0.4, 0.5) is 11.4 Å². The number of esters is 1. The first-order valence-electron chi connectivity index (χ1n) is 9.60. The summed E-state index contributed by atoms with van der Waals surface area (Å²) < 4.78 is 5.67. The molecule has 3 rings (SSSR count). The Morgan fingerprint density at radius 1 is 1.21 bits per heavy atom. The summed E-state index contributed by atoms with van der Waals surface area (Å²) in [7, 11) is 0. The van der Waals surface area contributed by atoms with E-state index in [9.17, 15) is 14.9 Å². The molecule has 7 nitrogen and oxygen atoms in total. The lowest BCUT2D eigenvalue weighted by molar-refractivity contribution is -0.384. The van der Waals surface area contributed by atoms with Crippen molar-refractivity contribution in [2.45, 2.75) is 32.7 Å². The number of nitrogens with zero attached hydrogens (tertiary/aromatic N) is 1. The molecule has 1 saturated heterocycles. The standard InChI is InChI=1S/C21H25N3O4/c1-2-17-19(28-21(25)16-10-12-22-13-11-16)9-8-18(24(26)27)20(17)23-14-15-6-4-3-5-7-15/h3-9,16,22-23H,2,10-14H2,1H3. The van der Waals surface area contributed by atoms with E-state index in [0.29, 0.717) is 30.0 Å². The van der Waals surface area contributed by atoms with Gasteiger partial charge in [-0.1, -0.05) is 37.3 Å². The number of nitro benzene ring substituents is 1. The zero-order valence-electron chi connectivity index (χ0n) is 15.9. The molecule has 1 aliphatic rings. The van der Waals surface area contributed by atoms with Gasteiger partial charge in [0.1, 0.15) is 11.4 Å². The third kappa shape index (κ3) is 4.67. The van der Waals surface area contributed by atoms with E-state index in [-0.39, 0.29) is 17.6 Å². The Hall–Kier alpha value is -2.93. The van der Waals surface area contributed by atoms with Gasteiger partial charge in [-0.3, -0.25) is 14.9 Å². The van der Waals surface area contributed by atoms with E-state index in [2.05, 4.69) is 10.6 Å². The van der Waals surface area contributed by atoms with Gasteiger partial charge in [0, 0.05) is 18.2 Å². The van der Waals surface area contributed by atoms with Gasteiger partial charge in [0.25, 0.3) is 5.69 Å². The van der Waals surface area contributed by atoms with Crippen LogP contribution in [0.1, 0.15) is 30.9 Å². The summed E-state index contributed by atoms with van der Waals surface area (Å²) in [5.41, 5.74) is 2.05. The van der Waals surface area contributed by atoms with Gasteiger partial charge in [0.15, 0.2) is 0 Å². The molecule has 1 fully saturated rings. The number of nitro groups is 1. The van der Waals surface area contributed by atoms with E-state index in [0.717, 1.165) is 31.5 Å². The minimum atomic E-state index is -0.412. The van der Waals surface area contributed by atoms with Crippen LogP contribution in [-0.4, -0.2) is 24.0 Å². The summed E-state index contributed by atoms with van der Waals surface area (Å²) in [5, 5.41) is 17.9. The summed E-state index contributed by atoms with van der Waals surface area (Å²) >= 11 is 0. The number of carbonyl (C=O) groups excluding carboxylic acids is 1. The van der Waals surface area contributed by atoms with Crippen LogP contribution in [0.2, 0.25) is 0 Å². The van der Waals surface area contributed by atoms with E-state index in [1.165, 1.54) is 12.1 Å². The van der Waals surface area contributed by atoms with Crippen LogP contribution in [-0.2, 0) is 17.8 Å². The van der Waals surface area contributed by atoms with Crippen molar-refractivity contribution in [2.75, 3.05) is 18.4 Å². The van der Waals surface area contributed by atoms with Crippen LogP contribution in [0.5, 0.6) is 5.75 Å². The van der Waals surface area contributed by atoms with Crippen LogP contribution >= 0.6 is 0 Å². The average molecular weight is 383 g/mol. The number of anilines is 1. The lowest BCUT2D eigenvalue weighted by atomic mass is 9.98. The molecular formula is C21H25N3O4. The zero-order chi connectivity index (χ0) is 19.9. The van der Waals surface area contributed by atoms with Crippen LogP contribution in [0.15, 0.2) is 42.5 Å². The normalized spacial score (nSPS) is 14.5. The van der Waals surface area contributed by atoms with Gasteiger partial charge >= 0.3 is 5.97 Å². The topological polar surface area (TPSA) is 93.5 Å². The minimum absolute atomic E-state index is 0.0190. The highest BCUT2D eigenvalue weighted by Gasteiger charge is 2.26. The molecule has 0 aromatic heterocycles. The first-order valence-corrected chi connectivity index (χ1v) is 9.60. The summed E-state index contributed by atoms with van der Waals surface area (Å²) in [5.74, 6) is -0.00636. The van der Waals surface area contributed by atoms with Crippen LogP contribution < -0.4 is 15.4 Å². The summed E-state index contributed by atoms with van der Waals surface area (Å²) in [6, 6.07) is 12.6. The first kappa shape index (κ1) is 19.8. The molecule has 0 saturated carbocycles. The summed E-state index contributed by atoms with van der Waals surface area (Å²) in [6.45, 7) is 3.93. The van der Waals surface area contributed by atoms with Gasteiger partial charge in [0.2, 0.25) is 0 Å². The largest absolute Gasteiger partial charge is 0.426 e. The number of piperidine rings is 1. The molecule has 148 valence electrons. The summed E-state index contributed by atoms with van der Waals surface area (Å²) in [6.07, 6.45) is 1.99. The molecule has 0 unspecified atom stereocenters. The molecule has 7 heteroatoms. The van der Waals surface area contributed by atoms with Crippen LogP contribution in [0.3, 0.4) is 0 Å². The maximum atomic E-state index is 12.5. The smallest absolute Gasteiger partial charge is 0.314 e. The van der Waals surface area contributed by atoms with Gasteiger partial charge in [-0.25, -0.2) is 0 Å². The number of ether oxygens (including phenoxy) is 1. The molecule has 28 heavy (non-hydrogen) atoms. The predicted octanol–water partition coefficient (Wildman–Crippen LogP) is 3.67. The zero-order valence-corrected chi connectivity index (χ0v) is 15.9. The Balaban J connectivity index is 1.86. The Bertz CT molecular complexity index is 833. The van der Waals surface area contributed by atoms with Crippen molar-refractivity contribution in [1.29, 1.82) is 0 Å². The van der Waals surface area contributed by atoms with Crippen LogP contribution in [0, 0.1) is 16.0 Å². The number of benzene rings is 2. The van der Waals surface area contributed by atoms with Gasteiger partial charge in [-0.2, -0.15) is 0 Å². The maximum Gasteiger partial charge on any atom is 0.314 e. The van der Waals surface area contributed by atoms with E-state index in [1.54, 1.807) is 0 Å². The quantitative estimate of drug-likeness (QED) is 0.328. The van der Waals surface area contributed by atoms with Crippen LogP contribution in [0.25, 0.3) is 0 Å². The fourth-order valence-electron chi connectivity index (χ4n) is 3.45. The average Bonchev–Trinajstić information content (AvgIpc) is 2.73. The predicted molar refractivity (Wildman–Crippen MR) is 107 cm³/mol. The molecule has 0 atom stereocenters. The number of nitrogens with one attached hydrogen (secondary N) is 2. The van der Waals surface area contributed by atoms with Crippen molar-refractivity contribution >= 4 is 17.3 Å². The first-order chi connectivity index (χ1) is 13.6. The van der Waals surface area contributed by atoms with Crippen molar-refractivity contribution in [2.24, 2.45) is 5.92 Å². The third-order valence-corrected chi connectivity index (χ3v) is 4.99. The highest BCUT2D eigenvalue weighted by Crippen LogP contribution is 2.36. The van der Waals surface area contributed by atoms with Crippen molar-refractivity contribution in [3.8, 4) is 5.75 Å². The van der Waals surface area contributed by atoms with E-state index in [4.69, 9.17) is 4.74 Å². The molecule has 2 aromatic rings. The fourth-order valence-corrected chi connectivity index (χ4v) is 3.45. The maximum absolute atomic E-state index is 12.5. The van der Waals surface area contributed by atoms with E-state index >= 15 is 0 Å². The number of carbonyl (C=O) groups is 1. The highest BCUT2D eigenvalue weighted by atomic mass is 16.6. The third-order valence-electron chi connectivity index (χ3n) is 4.99. The van der Waals surface area contributed by atoms with Crippen molar-refractivity contribution in [1.82, 2.24) is 5.32 Å². The SMILES string of the molecule is CCc1c(OC(=O)C2CCNCC2)ccc([N+](=O)[O-])c1NCc1ccccc1. The lowest BCUT2D eigenvalue weighted by Gasteiger charge is -2.22. The molecule has 1 aliphatic heterocycles.